The first-order valence-corrected chi connectivity index (χ1v) is 21.0. The van der Waals surface area contributed by atoms with Gasteiger partial charge in [0.1, 0.15) is 0 Å². The van der Waals surface area contributed by atoms with Gasteiger partial charge in [-0.3, -0.25) is 9.59 Å². The van der Waals surface area contributed by atoms with Gasteiger partial charge in [0.05, 0.1) is 17.4 Å². The molecule has 4 saturated carbocycles. The SMILES string of the molecule is CCOC(=O)C1(CCCCCCCCCCCCC2(C(F)F)CC2)CC1.O=C(O)C1(CCCCCCCCCCCCC2(C(F)F)CC2)CC1.[K+].[OH-]. The molecule has 0 aromatic heterocycles. The second-order valence-electron chi connectivity index (χ2n) is 17.0. The first-order valence-electron chi connectivity index (χ1n) is 21.0. The van der Waals surface area contributed by atoms with E-state index in [0.29, 0.717) is 6.61 Å². The third-order valence-corrected chi connectivity index (χ3v) is 12.7. The number of hydrogen-bond acceptors (Lipinski definition) is 4. The molecule has 5 nitrogen and oxygen atoms in total. The molecule has 4 rings (SSSR count). The van der Waals surface area contributed by atoms with Crippen LogP contribution >= 0.6 is 0 Å². The molecule has 4 aliphatic carbocycles. The normalized spacial score (nSPS) is 19.1. The van der Waals surface area contributed by atoms with Gasteiger partial charge in [0.2, 0.25) is 12.9 Å². The smallest absolute Gasteiger partial charge is 0.870 e. The summed E-state index contributed by atoms with van der Waals surface area (Å²) < 4.78 is 56.3. The van der Waals surface area contributed by atoms with Crippen molar-refractivity contribution >= 4 is 11.9 Å². The molecule has 0 spiro atoms. The summed E-state index contributed by atoms with van der Waals surface area (Å²) in [5.41, 5.74) is -1.62. The van der Waals surface area contributed by atoms with Crippen LogP contribution in [0.15, 0.2) is 0 Å². The maximum atomic E-state index is 12.8. The van der Waals surface area contributed by atoms with Crippen LogP contribution in [0.4, 0.5) is 17.6 Å². The molecule has 2 N–H and O–H groups in total. The van der Waals surface area contributed by atoms with E-state index >= 15 is 0 Å². The molecule has 0 unspecified atom stereocenters. The Morgan fingerprint density at radius 2 is 0.769 bits per heavy atom. The van der Waals surface area contributed by atoms with E-state index in [1.54, 1.807) is 0 Å². The minimum absolute atomic E-state index is 0. The van der Waals surface area contributed by atoms with E-state index in [0.717, 1.165) is 122 Å². The quantitative estimate of drug-likeness (QED) is 0.0328. The van der Waals surface area contributed by atoms with Crippen LogP contribution in [0.2, 0.25) is 0 Å². The molecular weight excluding hydrogens is 700 g/mol. The average Bonchev–Trinajstić information content (AvgIpc) is 3.89. The average molecular weight is 773 g/mol. The number of halogens is 4. The molecular formula is C42H73F4KO5. The summed E-state index contributed by atoms with van der Waals surface area (Å²) in [5.74, 6) is -0.565. The largest absolute Gasteiger partial charge is 1.00 e. The predicted octanol–water partition coefficient (Wildman–Crippen LogP) is 10.5. The number of carbonyl (C=O) groups excluding carboxylic acids is 1. The number of unbranched alkanes of at least 4 members (excludes halogenated alkanes) is 18. The summed E-state index contributed by atoms with van der Waals surface area (Å²) in [7, 11) is 0. The summed E-state index contributed by atoms with van der Waals surface area (Å²) >= 11 is 0. The zero-order chi connectivity index (χ0) is 36.4. The fourth-order valence-electron chi connectivity index (χ4n) is 7.90. The van der Waals surface area contributed by atoms with Crippen LogP contribution in [0.25, 0.3) is 0 Å². The number of aliphatic carboxylic acids is 1. The molecule has 10 heteroatoms. The topological polar surface area (TPSA) is 93.6 Å². The maximum absolute atomic E-state index is 12.8. The standard InChI is InChI=1S/C22H38F2O2.C20H34F2O2.K.H2O/c1-2-26-20(25)22(17-18-22)14-12-10-8-6-4-3-5-7-9-11-13-21(15-16-21)19(23)24;21-17(22)19(13-14-19)11-9-7-5-3-1-2-4-6-8-10-12-20(15-16-20)18(23)24;;/h19H,2-18H2,1H3;17H,1-16H2,(H,23,24);;1H2/q;;+1;/p-1. The van der Waals surface area contributed by atoms with Crippen molar-refractivity contribution in [3.63, 3.8) is 0 Å². The number of carboxylic acid groups (broad SMARTS) is 1. The van der Waals surface area contributed by atoms with Crippen LogP contribution in [0.1, 0.15) is 212 Å². The van der Waals surface area contributed by atoms with Crippen molar-refractivity contribution in [3.05, 3.63) is 0 Å². The molecule has 52 heavy (non-hydrogen) atoms. The van der Waals surface area contributed by atoms with Gasteiger partial charge in [-0.05, 0) is 84.0 Å². The maximum Gasteiger partial charge on any atom is 1.00 e. The zero-order valence-electron chi connectivity index (χ0n) is 33.1. The van der Waals surface area contributed by atoms with E-state index in [9.17, 15) is 27.2 Å². The molecule has 0 amide bonds. The Balaban J connectivity index is 0.000000502. The van der Waals surface area contributed by atoms with Gasteiger partial charge in [-0.2, -0.15) is 0 Å². The van der Waals surface area contributed by atoms with Crippen LogP contribution in [0.3, 0.4) is 0 Å². The van der Waals surface area contributed by atoms with Crippen molar-refractivity contribution in [1.29, 1.82) is 0 Å². The van der Waals surface area contributed by atoms with Gasteiger partial charge < -0.3 is 15.3 Å². The summed E-state index contributed by atoms with van der Waals surface area (Å²) in [6.07, 6.45) is 29.5. The van der Waals surface area contributed by atoms with Gasteiger partial charge in [-0.1, -0.05) is 128 Å². The van der Waals surface area contributed by atoms with Crippen molar-refractivity contribution < 1.29 is 93.9 Å². The van der Waals surface area contributed by atoms with Crippen LogP contribution < -0.4 is 51.4 Å². The van der Waals surface area contributed by atoms with E-state index < -0.39 is 29.7 Å². The molecule has 4 aliphatic rings. The molecule has 0 bridgehead atoms. The van der Waals surface area contributed by atoms with Crippen LogP contribution in [-0.2, 0) is 14.3 Å². The number of esters is 1. The fraction of sp³-hybridized carbons (Fsp3) is 0.952. The number of rotatable bonds is 31. The van der Waals surface area contributed by atoms with Crippen molar-refractivity contribution in [3.8, 4) is 0 Å². The van der Waals surface area contributed by atoms with Crippen LogP contribution in [0, 0.1) is 21.7 Å². The van der Waals surface area contributed by atoms with E-state index in [1.165, 1.54) is 83.5 Å². The monoisotopic (exact) mass is 773 g/mol. The van der Waals surface area contributed by atoms with E-state index in [-0.39, 0.29) is 73.7 Å². The Labute approximate surface area is 356 Å². The Bertz CT molecular complexity index is 964. The predicted molar refractivity (Wildman–Crippen MR) is 196 cm³/mol. The molecule has 4 fully saturated rings. The Morgan fingerprint density at radius 1 is 0.500 bits per heavy atom. The first-order chi connectivity index (χ1) is 24.1. The summed E-state index contributed by atoms with van der Waals surface area (Å²) in [5, 5.41) is 9.10. The van der Waals surface area contributed by atoms with Gasteiger partial charge in [0.25, 0.3) is 0 Å². The van der Waals surface area contributed by atoms with Gasteiger partial charge in [0, 0.05) is 10.8 Å². The fourth-order valence-corrected chi connectivity index (χ4v) is 7.90. The Morgan fingerprint density at radius 3 is 1.00 bits per heavy atom. The number of alkyl halides is 4. The van der Waals surface area contributed by atoms with Crippen molar-refractivity contribution in [1.82, 2.24) is 0 Å². The van der Waals surface area contributed by atoms with Crippen molar-refractivity contribution in [2.45, 2.75) is 225 Å². The summed E-state index contributed by atoms with van der Waals surface area (Å²) in [4.78, 5) is 22.9. The van der Waals surface area contributed by atoms with Crippen molar-refractivity contribution in [2.75, 3.05) is 6.61 Å². The Hall–Kier alpha value is 0.256. The number of ether oxygens (including phenoxy) is 1. The molecule has 0 aromatic rings. The number of carboxylic acids is 1. The second kappa shape index (κ2) is 26.2. The molecule has 0 saturated heterocycles. The summed E-state index contributed by atoms with van der Waals surface area (Å²) in [6.45, 7) is 2.37. The number of hydrogen-bond donors (Lipinski definition) is 1. The zero-order valence-corrected chi connectivity index (χ0v) is 36.2. The molecule has 0 heterocycles. The number of carbonyl (C=O) groups is 2. The summed E-state index contributed by atoms with van der Waals surface area (Å²) in [6, 6.07) is 0. The van der Waals surface area contributed by atoms with Crippen LogP contribution in [0.5, 0.6) is 0 Å². The minimum atomic E-state index is -2.11. The first kappa shape index (κ1) is 50.3. The van der Waals surface area contributed by atoms with E-state index in [2.05, 4.69) is 0 Å². The minimum Gasteiger partial charge on any atom is -0.870 e. The molecule has 300 valence electrons. The molecule has 0 aromatic carbocycles. The van der Waals surface area contributed by atoms with Gasteiger partial charge in [-0.25, -0.2) is 17.6 Å². The van der Waals surface area contributed by atoms with Gasteiger partial charge >= 0.3 is 63.3 Å². The molecule has 0 radical (unpaired) electrons. The van der Waals surface area contributed by atoms with E-state index in [1.807, 2.05) is 6.92 Å². The van der Waals surface area contributed by atoms with E-state index in [4.69, 9.17) is 9.84 Å². The van der Waals surface area contributed by atoms with Crippen molar-refractivity contribution in [2.24, 2.45) is 21.7 Å². The third-order valence-electron chi connectivity index (χ3n) is 12.7. The Kier molecular flexibility index (Phi) is 25.4. The van der Waals surface area contributed by atoms with Gasteiger partial charge in [0.15, 0.2) is 0 Å². The van der Waals surface area contributed by atoms with Crippen LogP contribution in [-0.4, -0.2) is 42.0 Å². The molecule has 0 aliphatic heterocycles. The van der Waals surface area contributed by atoms with Gasteiger partial charge in [-0.15, -0.1) is 0 Å². The third kappa shape index (κ3) is 18.5. The second-order valence-corrected chi connectivity index (χ2v) is 17.0. The molecule has 0 atom stereocenters.